The number of nitrogens with one attached hydrogen (secondary N) is 6. The highest BCUT2D eigenvalue weighted by atomic mass is 32.1. The third-order valence-electron chi connectivity index (χ3n) is 13.8. The van der Waals surface area contributed by atoms with Crippen LogP contribution in [0.1, 0.15) is 63.6 Å². The number of hydrogen-bond acceptors (Lipinski definition) is 18. The van der Waals surface area contributed by atoms with Crippen LogP contribution in [0.25, 0.3) is 66.6 Å². The summed E-state index contributed by atoms with van der Waals surface area (Å²) in [5.74, 6) is 8.70. The second-order valence-electron chi connectivity index (χ2n) is 19.1. The average Bonchev–Trinajstić information content (AvgIpc) is 4.35. The van der Waals surface area contributed by atoms with Gasteiger partial charge < -0.3 is 54.5 Å². The van der Waals surface area contributed by atoms with E-state index in [1.54, 1.807) is 24.8 Å². The number of carbonyl (C=O) groups excluding carboxylic acids is 3. The average molecular weight is 1080 g/mol. The number of piperidine rings is 3. The molecule has 3 aliphatic rings. The van der Waals surface area contributed by atoms with Crippen LogP contribution in [0, 0.1) is 44.0 Å². The van der Waals surface area contributed by atoms with Crippen molar-refractivity contribution in [2.24, 2.45) is 0 Å². The number of nitrogens with zero attached hydrogens (tertiary/aromatic N) is 12. The van der Waals surface area contributed by atoms with Gasteiger partial charge in [-0.05, 0) is 63.6 Å². The zero-order chi connectivity index (χ0) is 54.7. The van der Waals surface area contributed by atoms with E-state index in [4.69, 9.17) is 28.2 Å². The Morgan fingerprint density at radius 3 is 1.47 bits per heavy atom. The quantitative estimate of drug-likeness (QED) is 0.0679. The predicted octanol–water partition coefficient (Wildman–Crippen LogP) is 6.89. The molecule has 0 saturated carbocycles. The molecule has 0 aromatic carbocycles. The van der Waals surface area contributed by atoms with E-state index in [0.717, 1.165) is 130 Å². The molecular weight excluding hydrogens is 1020 g/mol. The molecule has 79 heavy (non-hydrogen) atoms. The zero-order valence-corrected chi connectivity index (χ0v) is 44.1. The van der Waals surface area contributed by atoms with Gasteiger partial charge in [-0.1, -0.05) is 34.3 Å². The fourth-order valence-corrected chi connectivity index (χ4v) is 10.7. The Labute approximate surface area is 457 Å². The minimum atomic E-state index is -0.00218. The molecule has 0 aliphatic carbocycles. The van der Waals surface area contributed by atoms with E-state index in [1.807, 2.05) is 57.7 Å². The van der Waals surface area contributed by atoms with Crippen molar-refractivity contribution in [2.75, 3.05) is 55.2 Å². The van der Waals surface area contributed by atoms with Crippen LogP contribution in [-0.4, -0.2) is 150 Å². The summed E-state index contributed by atoms with van der Waals surface area (Å²) in [5.41, 5.74) is 9.20. The maximum atomic E-state index is 12.2. The molecule has 9 aromatic rings. The van der Waals surface area contributed by atoms with Gasteiger partial charge in [0.1, 0.15) is 22.5 Å². The molecule has 3 fully saturated rings. The smallest absolute Gasteiger partial charge is 0.261 e. The lowest BCUT2D eigenvalue weighted by Gasteiger charge is -2.34. The number of anilines is 3. The maximum absolute atomic E-state index is 12.2. The van der Waals surface area contributed by atoms with Crippen molar-refractivity contribution in [3.63, 3.8) is 0 Å². The first kappa shape index (κ1) is 52.8. The second kappa shape index (κ2) is 24.6. The number of carbonyl (C=O) groups is 3. The van der Waals surface area contributed by atoms with Crippen LogP contribution in [0.5, 0.6) is 0 Å². The molecule has 6 N–H and O–H groups in total. The lowest BCUT2D eigenvalue weighted by molar-refractivity contribution is -0.131. The summed E-state index contributed by atoms with van der Waals surface area (Å²) in [7, 11) is 0. The number of fused-ring (bicyclic) bond motifs is 3. The number of terminal acetylenes is 3. The zero-order valence-electron chi connectivity index (χ0n) is 43.2. The molecule has 3 saturated heterocycles. The summed E-state index contributed by atoms with van der Waals surface area (Å²) < 4.78 is 10.7. The van der Waals surface area contributed by atoms with Crippen molar-refractivity contribution in [2.45, 2.75) is 82.8 Å². The van der Waals surface area contributed by atoms with E-state index in [1.165, 1.54) is 17.7 Å². The van der Waals surface area contributed by atoms with Crippen LogP contribution in [-0.2, 0) is 14.4 Å². The molecule has 12 heterocycles. The third-order valence-corrected chi connectivity index (χ3v) is 14.6. The minimum Gasteiger partial charge on any atom is -0.423 e. The first-order valence-corrected chi connectivity index (χ1v) is 26.7. The molecule has 0 bridgehead atoms. The molecule has 24 heteroatoms. The number of pyridine rings is 3. The molecule has 9 aromatic heterocycles. The SMILES string of the molecule is C#CCC(=O)N1CCC[C@@H](Nc2c(-c3nc(C)no3)cnc3[nH]ccc23)C1.C#CCC(=O)N1CCC[C@@H](Nc2c(-c3nnco3)cnc3[nH]ccc23)C1.C#CCC(=O)N1CCC[C@@H](Nc2c(-c3nncs3)cnc3[nH]ccc23)C1. The Balaban J connectivity index is 0.000000134. The van der Waals surface area contributed by atoms with Crippen molar-refractivity contribution in [1.29, 1.82) is 0 Å². The van der Waals surface area contributed by atoms with Gasteiger partial charge in [-0.25, -0.2) is 15.0 Å². The van der Waals surface area contributed by atoms with E-state index in [2.05, 4.69) is 94.2 Å². The van der Waals surface area contributed by atoms with Gasteiger partial charge in [-0.3, -0.25) is 14.4 Å². The van der Waals surface area contributed by atoms with Crippen LogP contribution in [0.2, 0.25) is 0 Å². The Hall–Kier alpha value is -9.60. The number of aromatic amines is 3. The van der Waals surface area contributed by atoms with Gasteiger partial charge in [0.2, 0.25) is 24.1 Å². The van der Waals surface area contributed by atoms with Crippen LogP contribution < -0.4 is 16.0 Å². The Morgan fingerprint density at radius 2 is 1.08 bits per heavy atom. The van der Waals surface area contributed by atoms with Crippen molar-refractivity contribution in [1.82, 2.24) is 75.1 Å². The standard InChI is InChI=1S/C19H20N6O2.C18H18N6O2.C18H18N6OS/c1-3-5-16(26)25-9-4-6-13(11-25)23-17-14-7-8-20-18(14)21-10-15(17)19-22-12(2)24-27-19;2*1-2-4-15(25)24-8-3-5-12(10-24)22-16-13-6-7-19-17(13)20-9-14(16)18-23-21-11-26-18/h1,7-8,10,13H,4-6,9,11H2,2H3,(H2,20,21,23);2*1,6-7,9,11-12H,3-5,8,10H2,(H2,19,20,22)/t13-;2*12-/m111/s1. The first-order valence-electron chi connectivity index (χ1n) is 25.8. The van der Waals surface area contributed by atoms with Gasteiger partial charge in [0.25, 0.3) is 11.8 Å². The number of rotatable bonds is 12. The number of hydrogen-bond donors (Lipinski definition) is 6. The maximum Gasteiger partial charge on any atom is 0.261 e. The monoisotopic (exact) mass is 1080 g/mol. The lowest BCUT2D eigenvalue weighted by Crippen LogP contribution is -2.45. The first-order chi connectivity index (χ1) is 38.7. The Kier molecular flexibility index (Phi) is 16.4. The largest absolute Gasteiger partial charge is 0.423 e. The topological polar surface area (TPSA) is 287 Å². The molecular formula is C55H56N18O5S. The Bertz CT molecular complexity index is 3530. The fourth-order valence-electron chi connectivity index (χ4n) is 10.1. The highest BCUT2D eigenvalue weighted by Gasteiger charge is 2.29. The summed E-state index contributed by atoms with van der Waals surface area (Å²) in [6.45, 7) is 5.88. The molecule has 3 atom stereocenters. The van der Waals surface area contributed by atoms with Crippen molar-refractivity contribution < 1.29 is 23.3 Å². The van der Waals surface area contributed by atoms with E-state index in [0.29, 0.717) is 37.2 Å². The molecule has 23 nitrogen and oxygen atoms in total. The predicted molar refractivity (Wildman–Crippen MR) is 299 cm³/mol. The van der Waals surface area contributed by atoms with Gasteiger partial charge >= 0.3 is 0 Å². The van der Waals surface area contributed by atoms with Gasteiger partial charge in [0.05, 0.1) is 53.0 Å². The number of likely N-dealkylation sites (tertiary alicyclic amines) is 3. The molecule has 12 rings (SSSR count). The van der Waals surface area contributed by atoms with Gasteiger partial charge in [0.15, 0.2) is 10.8 Å². The van der Waals surface area contributed by atoms with E-state index in [-0.39, 0.29) is 55.1 Å². The van der Waals surface area contributed by atoms with Gasteiger partial charge in [-0.2, -0.15) is 4.98 Å². The summed E-state index contributed by atoms with van der Waals surface area (Å²) in [5, 5.41) is 34.2. The number of aryl methyl sites for hydroxylation is 1. The van der Waals surface area contributed by atoms with E-state index in [9.17, 15) is 14.4 Å². The summed E-state index contributed by atoms with van der Waals surface area (Å²) in [6.07, 6.45) is 34.0. The highest BCUT2D eigenvalue weighted by molar-refractivity contribution is 7.12. The molecule has 0 unspecified atom stereocenters. The van der Waals surface area contributed by atoms with Crippen LogP contribution in [0.4, 0.5) is 17.1 Å². The van der Waals surface area contributed by atoms with Gasteiger partial charge in [0, 0.05) is 111 Å². The third kappa shape index (κ3) is 12.2. The highest BCUT2D eigenvalue weighted by Crippen LogP contribution is 2.37. The molecule has 3 aliphatic heterocycles. The van der Waals surface area contributed by atoms with Crippen molar-refractivity contribution in [3.05, 3.63) is 73.1 Å². The number of H-pyrrole nitrogens is 3. The van der Waals surface area contributed by atoms with Crippen LogP contribution >= 0.6 is 11.3 Å². The number of amides is 3. The lowest BCUT2D eigenvalue weighted by atomic mass is 10.0. The Morgan fingerprint density at radius 1 is 0.633 bits per heavy atom. The molecule has 3 amide bonds. The summed E-state index contributed by atoms with van der Waals surface area (Å²) >= 11 is 1.48. The number of aromatic nitrogens is 12. The molecule has 402 valence electrons. The second-order valence-corrected chi connectivity index (χ2v) is 19.9. The minimum absolute atomic E-state index is 0.00160. The summed E-state index contributed by atoms with van der Waals surface area (Å²) in [6, 6.07) is 6.27. The van der Waals surface area contributed by atoms with Crippen molar-refractivity contribution in [3.8, 4) is 70.5 Å². The molecule has 0 radical (unpaired) electrons. The van der Waals surface area contributed by atoms with E-state index >= 15 is 0 Å². The van der Waals surface area contributed by atoms with Crippen LogP contribution in [0.3, 0.4) is 0 Å². The fraction of sp³-hybridized carbons (Fsp3) is 0.345. The van der Waals surface area contributed by atoms with Crippen LogP contribution in [0.15, 0.2) is 76.2 Å². The normalized spacial score (nSPS) is 17.1. The van der Waals surface area contributed by atoms with Gasteiger partial charge in [-0.15, -0.1) is 39.7 Å². The van der Waals surface area contributed by atoms with Crippen molar-refractivity contribution >= 4 is 79.2 Å². The summed E-state index contributed by atoms with van der Waals surface area (Å²) in [4.78, 5) is 69.0. The van der Waals surface area contributed by atoms with E-state index < -0.39 is 0 Å². The molecule has 0 spiro atoms.